The Hall–Kier alpha value is -1.46. The average molecular weight is 266 g/mol. The quantitative estimate of drug-likeness (QED) is 0.515. The molecule has 0 saturated carbocycles. The molecule has 0 aromatic heterocycles. The molecule has 4 N–H and O–H groups in total. The molecule has 0 aliphatic rings. The maximum Gasteiger partial charge on any atom is 0.326 e. The number of hydrogen-bond donors (Lipinski definition) is 3. The van der Waals surface area contributed by atoms with Crippen LogP contribution >= 0.6 is 12.2 Å². The minimum absolute atomic E-state index is 0.468. The Labute approximate surface area is 112 Å². The third kappa shape index (κ3) is 4.81. The van der Waals surface area contributed by atoms with Gasteiger partial charge in [0, 0.05) is 5.56 Å². The maximum absolute atomic E-state index is 11.1. The summed E-state index contributed by atoms with van der Waals surface area (Å²) in [5.74, 6) is -0.884. The first kappa shape index (κ1) is 14.6. The van der Waals surface area contributed by atoms with Crippen molar-refractivity contribution >= 4 is 23.2 Å². The fourth-order valence-electron chi connectivity index (χ4n) is 1.58. The van der Waals surface area contributed by atoms with Crippen LogP contribution < -0.4 is 11.1 Å². The number of carboxylic acids is 1. The van der Waals surface area contributed by atoms with Crippen molar-refractivity contribution in [1.29, 1.82) is 0 Å². The van der Waals surface area contributed by atoms with E-state index in [1.54, 1.807) is 0 Å². The minimum atomic E-state index is -0.884. The van der Waals surface area contributed by atoms with E-state index in [1.165, 1.54) is 0 Å². The van der Waals surface area contributed by atoms with Crippen LogP contribution in [0, 0.1) is 0 Å². The van der Waals surface area contributed by atoms with Crippen LogP contribution in [-0.2, 0) is 4.79 Å². The molecule has 0 fully saturated rings. The molecule has 98 valence electrons. The van der Waals surface area contributed by atoms with Gasteiger partial charge in [-0.1, -0.05) is 42.5 Å². The zero-order valence-corrected chi connectivity index (χ0v) is 11.0. The van der Waals surface area contributed by atoms with Crippen LogP contribution in [0.3, 0.4) is 0 Å². The molecular weight excluding hydrogens is 248 g/mol. The number of hydrogen-bond acceptors (Lipinski definition) is 3. The fraction of sp³-hybridized carbons (Fsp3) is 0.385. The van der Waals surface area contributed by atoms with Crippen LogP contribution in [-0.4, -0.2) is 28.7 Å². The monoisotopic (exact) mass is 266 g/mol. The van der Waals surface area contributed by atoms with Gasteiger partial charge in [0.1, 0.15) is 11.0 Å². The van der Waals surface area contributed by atoms with Gasteiger partial charge in [-0.3, -0.25) is 0 Å². The molecule has 1 atom stereocenters. The van der Waals surface area contributed by atoms with Gasteiger partial charge in [0.05, 0.1) is 0 Å². The van der Waals surface area contributed by atoms with Crippen LogP contribution in [0.15, 0.2) is 30.3 Å². The summed E-state index contributed by atoms with van der Waals surface area (Å²) in [6, 6.07) is 8.69. The molecule has 4 nitrogen and oxygen atoms in total. The van der Waals surface area contributed by atoms with E-state index in [1.807, 2.05) is 30.3 Å². The van der Waals surface area contributed by atoms with Gasteiger partial charge < -0.3 is 16.2 Å². The minimum Gasteiger partial charge on any atom is -0.480 e. The van der Waals surface area contributed by atoms with E-state index in [4.69, 9.17) is 23.1 Å². The lowest BCUT2D eigenvalue weighted by Crippen LogP contribution is -2.40. The highest BCUT2D eigenvalue weighted by molar-refractivity contribution is 7.80. The molecule has 0 amide bonds. The van der Waals surface area contributed by atoms with Crippen molar-refractivity contribution in [2.75, 3.05) is 6.54 Å². The molecule has 0 unspecified atom stereocenters. The Morgan fingerprint density at radius 2 is 2.00 bits per heavy atom. The highest BCUT2D eigenvalue weighted by atomic mass is 32.1. The van der Waals surface area contributed by atoms with Crippen LogP contribution in [0.1, 0.15) is 24.8 Å². The van der Waals surface area contributed by atoms with Crippen molar-refractivity contribution in [3.05, 3.63) is 35.9 Å². The fourth-order valence-corrected chi connectivity index (χ4v) is 1.86. The smallest absolute Gasteiger partial charge is 0.326 e. The Kier molecular flexibility index (Phi) is 6.32. The SMILES string of the molecule is NCCCC[C@H](NC(=S)c1ccccc1)C(=O)O. The molecule has 0 heterocycles. The summed E-state index contributed by atoms with van der Waals surface area (Å²) < 4.78 is 0. The second kappa shape index (κ2) is 7.79. The van der Waals surface area contributed by atoms with Gasteiger partial charge in [-0.2, -0.15) is 0 Å². The summed E-state index contributed by atoms with van der Waals surface area (Å²) in [5, 5.41) is 12.0. The van der Waals surface area contributed by atoms with E-state index in [0.29, 0.717) is 18.0 Å². The Morgan fingerprint density at radius 3 is 2.56 bits per heavy atom. The van der Waals surface area contributed by atoms with Crippen LogP contribution in [0.25, 0.3) is 0 Å². The molecule has 0 bridgehead atoms. The largest absolute Gasteiger partial charge is 0.480 e. The number of aliphatic carboxylic acids is 1. The van der Waals surface area contributed by atoms with Gasteiger partial charge in [-0.05, 0) is 25.8 Å². The van der Waals surface area contributed by atoms with E-state index >= 15 is 0 Å². The number of benzene rings is 1. The third-order valence-corrected chi connectivity index (χ3v) is 2.94. The molecule has 0 radical (unpaired) electrons. The highest BCUT2D eigenvalue weighted by Gasteiger charge is 2.17. The molecule has 0 saturated heterocycles. The van der Waals surface area contributed by atoms with Crippen molar-refractivity contribution in [2.45, 2.75) is 25.3 Å². The van der Waals surface area contributed by atoms with Crippen molar-refractivity contribution in [3.8, 4) is 0 Å². The van der Waals surface area contributed by atoms with Crippen molar-refractivity contribution in [2.24, 2.45) is 5.73 Å². The van der Waals surface area contributed by atoms with E-state index in [0.717, 1.165) is 18.4 Å². The second-order valence-corrected chi connectivity index (χ2v) is 4.42. The summed E-state index contributed by atoms with van der Waals surface area (Å²) in [6.45, 7) is 0.579. The van der Waals surface area contributed by atoms with Crippen LogP contribution in [0.4, 0.5) is 0 Å². The highest BCUT2D eigenvalue weighted by Crippen LogP contribution is 2.05. The Morgan fingerprint density at radius 1 is 1.33 bits per heavy atom. The number of thiocarbonyl (C=S) groups is 1. The molecule has 1 aromatic rings. The van der Waals surface area contributed by atoms with E-state index in [9.17, 15) is 4.79 Å². The van der Waals surface area contributed by atoms with Crippen molar-refractivity contribution in [1.82, 2.24) is 5.32 Å². The first-order valence-electron chi connectivity index (χ1n) is 5.94. The first-order valence-corrected chi connectivity index (χ1v) is 6.34. The van der Waals surface area contributed by atoms with Gasteiger partial charge in [0.15, 0.2) is 0 Å². The lowest BCUT2D eigenvalue weighted by Gasteiger charge is -2.16. The summed E-state index contributed by atoms with van der Waals surface area (Å²) in [5.41, 5.74) is 6.22. The van der Waals surface area contributed by atoms with Gasteiger partial charge in [-0.25, -0.2) is 4.79 Å². The van der Waals surface area contributed by atoms with Crippen molar-refractivity contribution < 1.29 is 9.90 Å². The molecule has 1 aromatic carbocycles. The number of rotatable bonds is 7. The van der Waals surface area contributed by atoms with E-state index in [2.05, 4.69) is 5.32 Å². The van der Waals surface area contributed by atoms with Crippen LogP contribution in [0.5, 0.6) is 0 Å². The van der Waals surface area contributed by atoms with Gasteiger partial charge in [0.25, 0.3) is 0 Å². The third-order valence-electron chi connectivity index (χ3n) is 2.59. The molecule has 0 aliphatic carbocycles. The van der Waals surface area contributed by atoms with Gasteiger partial charge in [0.2, 0.25) is 0 Å². The van der Waals surface area contributed by atoms with Gasteiger partial charge >= 0.3 is 5.97 Å². The van der Waals surface area contributed by atoms with Gasteiger partial charge in [-0.15, -0.1) is 0 Å². The zero-order valence-electron chi connectivity index (χ0n) is 10.1. The summed E-state index contributed by atoms with van der Waals surface area (Å²) in [4.78, 5) is 11.6. The second-order valence-electron chi connectivity index (χ2n) is 4.01. The predicted molar refractivity (Wildman–Crippen MR) is 75.6 cm³/mol. The van der Waals surface area contributed by atoms with Crippen LogP contribution in [0.2, 0.25) is 0 Å². The molecule has 0 aliphatic heterocycles. The number of carboxylic acid groups (broad SMARTS) is 1. The molecule has 0 spiro atoms. The first-order chi connectivity index (χ1) is 8.65. The lowest BCUT2D eigenvalue weighted by atomic mass is 10.1. The zero-order chi connectivity index (χ0) is 13.4. The average Bonchev–Trinajstić information content (AvgIpc) is 2.38. The standard InChI is InChI=1S/C13H18N2O2S/c14-9-5-4-8-11(13(16)17)15-12(18)10-6-2-1-3-7-10/h1-3,6-7,11H,4-5,8-9,14H2,(H,15,18)(H,16,17)/t11-/m0/s1. The predicted octanol–water partition coefficient (Wildman–Crippen LogP) is 1.53. The lowest BCUT2D eigenvalue weighted by molar-refractivity contribution is -0.139. The van der Waals surface area contributed by atoms with Crippen molar-refractivity contribution in [3.63, 3.8) is 0 Å². The summed E-state index contributed by atoms with van der Waals surface area (Å²) >= 11 is 5.20. The van der Waals surface area contributed by atoms with E-state index in [-0.39, 0.29) is 0 Å². The molecular formula is C13H18N2O2S. The van der Waals surface area contributed by atoms with E-state index < -0.39 is 12.0 Å². The molecule has 1 rings (SSSR count). The topological polar surface area (TPSA) is 75.3 Å². The number of carbonyl (C=O) groups is 1. The molecule has 5 heteroatoms. The number of nitrogens with two attached hydrogens (primary N) is 1. The Bertz CT molecular complexity index is 395. The number of nitrogens with one attached hydrogen (secondary N) is 1. The summed E-state index contributed by atoms with van der Waals surface area (Å²) in [7, 11) is 0. The normalized spacial score (nSPS) is 11.8. The maximum atomic E-state index is 11.1. The molecule has 18 heavy (non-hydrogen) atoms. The number of unbranched alkanes of at least 4 members (excludes halogenated alkanes) is 1. The summed E-state index contributed by atoms with van der Waals surface area (Å²) in [6.07, 6.45) is 2.13. The Balaban J connectivity index is 2.55.